The van der Waals surface area contributed by atoms with Gasteiger partial charge in [0, 0.05) is 12.5 Å². The molecule has 4 N–H and O–H groups in total. The van der Waals surface area contributed by atoms with Crippen molar-refractivity contribution in [2.45, 2.75) is 36.4 Å². The third-order valence-corrected chi connectivity index (χ3v) is 6.11. The standard InChI is InChI=1S/C20H24FN3O3S/c1-13(19(22)20(25)24-10-9-17(21)12-24)14-5-7-15(8-6-14)16-3-2-4-18(11-16)28(23,26)27/h2-8,11,13,17,19H,9-10,12,22H2,1H3,(H2,23,26,27)/t13-,17-,19-/m0/s1. The molecule has 6 nitrogen and oxygen atoms in total. The Balaban J connectivity index is 1.76. The highest BCUT2D eigenvalue weighted by Gasteiger charge is 2.32. The van der Waals surface area contributed by atoms with E-state index in [9.17, 15) is 17.6 Å². The Labute approximate surface area is 164 Å². The second kappa shape index (κ2) is 7.98. The molecule has 3 atom stereocenters. The van der Waals surface area contributed by atoms with Crippen LogP contribution in [0.3, 0.4) is 0 Å². The molecule has 8 heteroatoms. The number of amides is 1. The molecule has 2 aromatic carbocycles. The van der Waals surface area contributed by atoms with Gasteiger partial charge in [0.15, 0.2) is 0 Å². The molecule has 2 aromatic rings. The van der Waals surface area contributed by atoms with Crippen molar-refractivity contribution < 1.29 is 17.6 Å². The van der Waals surface area contributed by atoms with Gasteiger partial charge < -0.3 is 10.6 Å². The predicted molar refractivity (Wildman–Crippen MR) is 106 cm³/mol. The molecule has 3 rings (SSSR count). The third kappa shape index (κ3) is 4.40. The Hall–Kier alpha value is -2.29. The molecule has 0 unspecified atom stereocenters. The van der Waals surface area contributed by atoms with Gasteiger partial charge in [-0.1, -0.05) is 43.3 Å². The van der Waals surface area contributed by atoms with Crippen LogP contribution in [-0.2, 0) is 14.8 Å². The zero-order valence-corrected chi connectivity index (χ0v) is 16.4. The van der Waals surface area contributed by atoms with Crippen molar-refractivity contribution in [3.63, 3.8) is 0 Å². The number of hydrogen-bond donors (Lipinski definition) is 2. The first-order valence-corrected chi connectivity index (χ1v) is 10.6. The number of alkyl halides is 1. The Morgan fingerprint density at radius 1 is 1.18 bits per heavy atom. The number of likely N-dealkylation sites (tertiary alicyclic amines) is 1. The number of benzene rings is 2. The topological polar surface area (TPSA) is 106 Å². The van der Waals surface area contributed by atoms with Crippen LogP contribution < -0.4 is 10.9 Å². The maximum Gasteiger partial charge on any atom is 0.240 e. The molecule has 0 saturated carbocycles. The van der Waals surface area contributed by atoms with E-state index in [2.05, 4.69) is 0 Å². The molecule has 1 saturated heterocycles. The maximum absolute atomic E-state index is 13.3. The first-order chi connectivity index (χ1) is 13.2. The lowest BCUT2D eigenvalue weighted by Crippen LogP contribution is -2.45. The number of nitrogens with zero attached hydrogens (tertiary/aromatic N) is 1. The highest BCUT2D eigenvalue weighted by atomic mass is 32.2. The summed E-state index contributed by atoms with van der Waals surface area (Å²) in [5, 5.41) is 5.19. The van der Waals surface area contributed by atoms with Gasteiger partial charge in [0.2, 0.25) is 15.9 Å². The smallest absolute Gasteiger partial charge is 0.240 e. The highest BCUT2D eigenvalue weighted by molar-refractivity contribution is 7.89. The minimum absolute atomic E-state index is 0.0480. The van der Waals surface area contributed by atoms with Gasteiger partial charge in [-0.15, -0.1) is 0 Å². The normalized spacial score (nSPS) is 19.4. The lowest BCUT2D eigenvalue weighted by Gasteiger charge is -2.25. The fourth-order valence-electron chi connectivity index (χ4n) is 3.38. The van der Waals surface area contributed by atoms with E-state index >= 15 is 0 Å². The Kier molecular flexibility index (Phi) is 5.83. The molecule has 150 valence electrons. The van der Waals surface area contributed by atoms with Crippen molar-refractivity contribution in [1.29, 1.82) is 0 Å². The van der Waals surface area contributed by atoms with Crippen molar-refractivity contribution in [2.24, 2.45) is 10.9 Å². The molecule has 0 aromatic heterocycles. The number of nitrogens with two attached hydrogens (primary N) is 2. The van der Waals surface area contributed by atoms with Crippen LogP contribution >= 0.6 is 0 Å². The molecule has 1 aliphatic rings. The second-order valence-corrected chi connectivity index (χ2v) is 8.74. The quantitative estimate of drug-likeness (QED) is 0.793. The van der Waals surface area contributed by atoms with Gasteiger partial charge >= 0.3 is 0 Å². The summed E-state index contributed by atoms with van der Waals surface area (Å²) in [6.07, 6.45) is -0.613. The molecule has 1 aliphatic heterocycles. The average Bonchev–Trinajstić information content (AvgIpc) is 3.12. The Morgan fingerprint density at radius 2 is 1.86 bits per heavy atom. The van der Waals surface area contributed by atoms with E-state index in [-0.39, 0.29) is 23.3 Å². The minimum Gasteiger partial charge on any atom is -0.338 e. The number of rotatable bonds is 5. The third-order valence-electron chi connectivity index (χ3n) is 5.20. The molecular formula is C20H24FN3O3S. The van der Waals surface area contributed by atoms with Crippen LogP contribution in [0.4, 0.5) is 4.39 Å². The Bertz CT molecular complexity index is 963. The van der Waals surface area contributed by atoms with E-state index < -0.39 is 22.2 Å². The molecule has 28 heavy (non-hydrogen) atoms. The van der Waals surface area contributed by atoms with Crippen molar-refractivity contribution >= 4 is 15.9 Å². The summed E-state index contributed by atoms with van der Waals surface area (Å²) in [6.45, 7) is 2.38. The first-order valence-electron chi connectivity index (χ1n) is 9.08. The SMILES string of the molecule is C[C@@H](c1ccc(-c2cccc(S(N)(=O)=O)c2)cc1)[C@H](N)C(=O)N1CC[C@H](F)C1. The average molecular weight is 405 g/mol. The number of hydrogen-bond acceptors (Lipinski definition) is 4. The van der Waals surface area contributed by atoms with Gasteiger partial charge in [0.05, 0.1) is 17.5 Å². The van der Waals surface area contributed by atoms with Gasteiger partial charge in [0.25, 0.3) is 0 Å². The second-order valence-electron chi connectivity index (χ2n) is 7.18. The highest BCUT2D eigenvalue weighted by Crippen LogP contribution is 2.26. The minimum atomic E-state index is -3.77. The monoisotopic (exact) mass is 405 g/mol. The van der Waals surface area contributed by atoms with Gasteiger partial charge in [-0.3, -0.25) is 4.79 Å². The largest absolute Gasteiger partial charge is 0.338 e. The van der Waals surface area contributed by atoms with Gasteiger partial charge in [0.1, 0.15) is 6.17 Å². The summed E-state index contributed by atoms with van der Waals surface area (Å²) in [5.41, 5.74) is 8.56. The molecule has 0 radical (unpaired) electrons. The summed E-state index contributed by atoms with van der Waals surface area (Å²) >= 11 is 0. The predicted octanol–water partition coefficient (Wildman–Crippen LogP) is 2.00. The lowest BCUT2D eigenvalue weighted by atomic mass is 9.91. The number of carbonyl (C=O) groups excluding carboxylic acids is 1. The van der Waals surface area contributed by atoms with Crippen molar-refractivity contribution in [3.8, 4) is 11.1 Å². The van der Waals surface area contributed by atoms with Crippen LogP contribution in [0.2, 0.25) is 0 Å². The maximum atomic E-state index is 13.3. The van der Waals surface area contributed by atoms with Crippen molar-refractivity contribution in [2.75, 3.05) is 13.1 Å². The molecule has 1 heterocycles. The van der Waals surface area contributed by atoms with Gasteiger partial charge in [-0.25, -0.2) is 17.9 Å². The first kappa shape index (κ1) is 20.4. The van der Waals surface area contributed by atoms with Crippen molar-refractivity contribution in [3.05, 3.63) is 54.1 Å². The van der Waals surface area contributed by atoms with E-state index in [1.54, 1.807) is 12.1 Å². The zero-order chi connectivity index (χ0) is 20.5. The van der Waals surface area contributed by atoms with E-state index in [4.69, 9.17) is 10.9 Å². The van der Waals surface area contributed by atoms with Gasteiger partial charge in [-0.05, 0) is 35.2 Å². The summed E-state index contributed by atoms with van der Waals surface area (Å²) in [4.78, 5) is 14.0. The summed E-state index contributed by atoms with van der Waals surface area (Å²) in [7, 11) is -3.77. The molecule has 0 aliphatic carbocycles. The number of halogens is 1. The van der Waals surface area contributed by atoms with E-state index in [0.29, 0.717) is 13.0 Å². The summed E-state index contributed by atoms with van der Waals surface area (Å²) < 4.78 is 36.4. The number of primary sulfonamides is 1. The fraction of sp³-hybridized carbons (Fsp3) is 0.350. The van der Waals surface area contributed by atoms with E-state index in [0.717, 1.165) is 16.7 Å². The number of sulfonamides is 1. The molecule has 1 amide bonds. The lowest BCUT2D eigenvalue weighted by molar-refractivity contribution is -0.132. The molecule has 0 bridgehead atoms. The summed E-state index contributed by atoms with van der Waals surface area (Å²) in [6, 6.07) is 13.1. The van der Waals surface area contributed by atoms with Crippen LogP contribution in [-0.4, -0.2) is 44.5 Å². The molecule has 1 fully saturated rings. The van der Waals surface area contributed by atoms with Crippen LogP contribution in [0.15, 0.2) is 53.4 Å². The van der Waals surface area contributed by atoms with E-state index in [1.807, 2.05) is 31.2 Å². The van der Waals surface area contributed by atoms with Gasteiger partial charge in [-0.2, -0.15) is 0 Å². The molecular weight excluding hydrogens is 381 g/mol. The number of carbonyl (C=O) groups is 1. The van der Waals surface area contributed by atoms with Crippen LogP contribution in [0, 0.1) is 0 Å². The fourth-order valence-corrected chi connectivity index (χ4v) is 3.94. The van der Waals surface area contributed by atoms with E-state index in [1.165, 1.54) is 17.0 Å². The van der Waals surface area contributed by atoms with Crippen LogP contribution in [0.5, 0.6) is 0 Å². The zero-order valence-electron chi connectivity index (χ0n) is 15.6. The Morgan fingerprint density at radius 3 is 2.43 bits per heavy atom. The summed E-state index contributed by atoms with van der Waals surface area (Å²) in [5.74, 6) is -0.478. The van der Waals surface area contributed by atoms with Crippen molar-refractivity contribution in [1.82, 2.24) is 4.90 Å². The van der Waals surface area contributed by atoms with Crippen LogP contribution in [0.25, 0.3) is 11.1 Å². The van der Waals surface area contributed by atoms with Crippen LogP contribution in [0.1, 0.15) is 24.8 Å². The molecule has 0 spiro atoms.